The molecule has 2 aromatic carbocycles. The molecule has 0 aliphatic heterocycles. The van der Waals surface area contributed by atoms with Crippen molar-refractivity contribution in [3.63, 3.8) is 0 Å². The van der Waals surface area contributed by atoms with Crippen LogP contribution in [0.3, 0.4) is 0 Å². The highest BCUT2D eigenvalue weighted by molar-refractivity contribution is 5.86. The number of benzene rings is 2. The molecule has 0 aliphatic rings. The van der Waals surface area contributed by atoms with E-state index in [1.165, 1.54) is 0 Å². The first-order valence-corrected chi connectivity index (χ1v) is 7.10. The van der Waals surface area contributed by atoms with Crippen LogP contribution in [0.2, 0.25) is 0 Å². The van der Waals surface area contributed by atoms with E-state index < -0.39 is 0 Å². The summed E-state index contributed by atoms with van der Waals surface area (Å²) >= 11 is 0. The zero-order valence-electron chi connectivity index (χ0n) is 12.4. The molecule has 106 valence electrons. The molecule has 0 saturated carbocycles. The first-order chi connectivity index (χ1) is 10.1. The third-order valence-electron chi connectivity index (χ3n) is 3.70. The summed E-state index contributed by atoms with van der Waals surface area (Å²) in [6.07, 6.45) is 0. The van der Waals surface area contributed by atoms with Gasteiger partial charge < -0.3 is 10.3 Å². The number of imidazole rings is 1. The van der Waals surface area contributed by atoms with Crippen LogP contribution in [-0.4, -0.2) is 9.55 Å². The number of hydrogen-bond donors (Lipinski definition) is 1. The molecule has 2 N–H and O–H groups in total. The smallest absolute Gasteiger partial charge is 0.201 e. The molecule has 0 saturated heterocycles. The molecule has 0 aliphatic carbocycles. The Morgan fingerprint density at radius 2 is 1.81 bits per heavy atom. The number of fused-ring (bicyclic) bond motifs is 1. The molecular formula is C18H19N3. The molecule has 21 heavy (non-hydrogen) atoms. The van der Waals surface area contributed by atoms with Crippen LogP contribution in [0.15, 0.2) is 55.1 Å². The van der Waals surface area contributed by atoms with Gasteiger partial charge in [-0.1, -0.05) is 43.0 Å². The molecule has 3 nitrogen and oxygen atoms in total. The van der Waals surface area contributed by atoms with Crippen LogP contribution in [0.5, 0.6) is 0 Å². The van der Waals surface area contributed by atoms with Gasteiger partial charge in [0.05, 0.1) is 11.0 Å². The third kappa shape index (κ3) is 2.31. The minimum absolute atomic E-state index is 0.273. The minimum atomic E-state index is 0.273. The van der Waals surface area contributed by atoms with Gasteiger partial charge in [-0.15, -0.1) is 0 Å². The van der Waals surface area contributed by atoms with Crippen LogP contribution >= 0.6 is 0 Å². The average molecular weight is 277 g/mol. The molecule has 0 spiro atoms. The minimum Gasteiger partial charge on any atom is -0.369 e. The summed E-state index contributed by atoms with van der Waals surface area (Å²) < 4.78 is 2.05. The summed E-state index contributed by atoms with van der Waals surface area (Å²) in [5.41, 5.74) is 11.2. The van der Waals surface area contributed by atoms with E-state index in [-0.39, 0.29) is 6.04 Å². The Balaban J connectivity index is 2.13. The van der Waals surface area contributed by atoms with Crippen molar-refractivity contribution >= 4 is 22.6 Å². The van der Waals surface area contributed by atoms with Crippen molar-refractivity contribution in [2.45, 2.75) is 19.9 Å². The van der Waals surface area contributed by atoms with Crippen LogP contribution in [0, 0.1) is 0 Å². The number of nitrogens with zero attached hydrogens (tertiary/aromatic N) is 2. The summed E-state index contributed by atoms with van der Waals surface area (Å²) in [6.45, 7) is 8.44. The Hall–Kier alpha value is -2.55. The lowest BCUT2D eigenvalue weighted by molar-refractivity contribution is 0.627. The Bertz CT molecular complexity index is 798. The summed E-state index contributed by atoms with van der Waals surface area (Å²) in [5, 5.41) is 0. The van der Waals surface area contributed by atoms with E-state index in [0.717, 1.165) is 27.7 Å². The lowest BCUT2D eigenvalue weighted by Gasteiger charge is -2.11. The van der Waals surface area contributed by atoms with Gasteiger partial charge in [-0.25, -0.2) is 4.98 Å². The monoisotopic (exact) mass is 277 g/mol. The summed E-state index contributed by atoms with van der Waals surface area (Å²) in [4.78, 5) is 4.42. The van der Waals surface area contributed by atoms with Gasteiger partial charge in [-0.05, 0) is 42.7 Å². The average Bonchev–Trinajstić information content (AvgIpc) is 2.82. The number of anilines is 1. The maximum atomic E-state index is 6.02. The summed E-state index contributed by atoms with van der Waals surface area (Å²) in [5.74, 6) is 0.558. The highest BCUT2D eigenvalue weighted by Crippen LogP contribution is 2.28. The van der Waals surface area contributed by atoms with Gasteiger partial charge in [0.2, 0.25) is 5.95 Å². The number of rotatable bonds is 3. The number of nitrogen functional groups attached to an aromatic ring is 1. The third-order valence-corrected chi connectivity index (χ3v) is 3.70. The van der Waals surface area contributed by atoms with Gasteiger partial charge in [0.15, 0.2) is 0 Å². The lowest BCUT2D eigenvalue weighted by Crippen LogP contribution is -2.05. The fraction of sp³-hybridized carbons (Fsp3) is 0.167. The highest BCUT2D eigenvalue weighted by Gasteiger charge is 2.12. The molecule has 3 heteroatoms. The second-order valence-electron chi connectivity index (χ2n) is 5.48. The van der Waals surface area contributed by atoms with Gasteiger partial charge in [-0.3, -0.25) is 0 Å². The summed E-state index contributed by atoms with van der Waals surface area (Å²) in [6, 6.07) is 16.6. The van der Waals surface area contributed by atoms with E-state index in [4.69, 9.17) is 5.73 Å². The van der Waals surface area contributed by atoms with E-state index in [2.05, 4.69) is 54.2 Å². The Kier molecular flexibility index (Phi) is 3.26. The Morgan fingerprint density at radius 3 is 2.48 bits per heavy atom. The zero-order valence-corrected chi connectivity index (χ0v) is 12.4. The van der Waals surface area contributed by atoms with Crippen LogP contribution in [0.25, 0.3) is 16.6 Å². The molecule has 3 aromatic rings. The van der Waals surface area contributed by atoms with Crippen LogP contribution < -0.4 is 5.73 Å². The Labute approximate surface area is 124 Å². The van der Waals surface area contributed by atoms with E-state index >= 15 is 0 Å². The van der Waals surface area contributed by atoms with E-state index in [0.29, 0.717) is 5.95 Å². The van der Waals surface area contributed by atoms with Crippen molar-refractivity contribution in [3.8, 4) is 0 Å². The lowest BCUT2D eigenvalue weighted by atomic mass is 9.99. The van der Waals surface area contributed by atoms with Crippen LogP contribution in [0.4, 0.5) is 5.95 Å². The zero-order chi connectivity index (χ0) is 15.0. The van der Waals surface area contributed by atoms with Crippen molar-refractivity contribution in [2.24, 2.45) is 0 Å². The topological polar surface area (TPSA) is 43.8 Å². The van der Waals surface area contributed by atoms with Gasteiger partial charge in [0.1, 0.15) is 0 Å². The number of hydrogen-bond acceptors (Lipinski definition) is 2. The molecule has 0 bridgehead atoms. The SMILES string of the molecule is C=C(c1ccccc1)c1ccc2nc(N)n(C(C)C)c2c1. The predicted octanol–water partition coefficient (Wildman–Crippen LogP) is 4.26. The largest absolute Gasteiger partial charge is 0.369 e. The maximum absolute atomic E-state index is 6.02. The second kappa shape index (κ2) is 5.09. The van der Waals surface area contributed by atoms with Crippen molar-refractivity contribution in [1.82, 2.24) is 9.55 Å². The van der Waals surface area contributed by atoms with E-state index in [1.807, 2.05) is 24.3 Å². The van der Waals surface area contributed by atoms with Crippen molar-refractivity contribution in [3.05, 3.63) is 66.2 Å². The van der Waals surface area contributed by atoms with Crippen LogP contribution in [0.1, 0.15) is 31.0 Å². The fourth-order valence-electron chi connectivity index (χ4n) is 2.65. The van der Waals surface area contributed by atoms with Crippen molar-refractivity contribution in [2.75, 3.05) is 5.73 Å². The molecule has 0 fully saturated rings. The molecule has 1 heterocycles. The second-order valence-corrected chi connectivity index (χ2v) is 5.48. The Morgan fingerprint density at radius 1 is 1.10 bits per heavy atom. The highest BCUT2D eigenvalue weighted by atomic mass is 15.2. The standard InChI is InChI=1S/C18H19N3/c1-12(2)21-17-11-15(9-10-16(17)20-18(21)19)13(3)14-7-5-4-6-8-14/h4-12H,3H2,1-2H3,(H2,19,20). The maximum Gasteiger partial charge on any atom is 0.201 e. The van der Waals surface area contributed by atoms with Crippen molar-refractivity contribution < 1.29 is 0 Å². The van der Waals surface area contributed by atoms with Gasteiger partial charge in [0.25, 0.3) is 0 Å². The number of aromatic nitrogens is 2. The van der Waals surface area contributed by atoms with Gasteiger partial charge >= 0.3 is 0 Å². The molecular weight excluding hydrogens is 258 g/mol. The van der Waals surface area contributed by atoms with Crippen LogP contribution in [-0.2, 0) is 0 Å². The molecule has 0 unspecified atom stereocenters. The first kappa shape index (κ1) is 13.4. The predicted molar refractivity (Wildman–Crippen MR) is 89.1 cm³/mol. The quantitative estimate of drug-likeness (QED) is 0.777. The molecule has 3 rings (SSSR count). The number of nitrogens with two attached hydrogens (primary N) is 1. The van der Waals surface area contributed by atoms with E-state index in [1.54, 1.807) is 0 Å². The van der Waals surface area contributed by atoms with Gasteiger partial charge in [0, 0.05) is 6.04 Å². The van der Waals surface area contributed by atoms with Gasteiger partial charge in [-0.2, -0.15) is 0 Å². The molecule has 1 aromatic heterocycles. The van der Waals surface area contributed by atoms with E-state index in [9.17, 15) is 0 Å². The summed E-state index contributed by atoms with van der Waals surface area (Å²) in [7, 11) is 0. The molecule has 0 radical (unpaired) electrons. The molecule has 0 atom stereocenters. The molecule has 0 amide bonds. The fourth-order valence-corrected chi connectivity index (χ4v) is 2.65. The van der Waals surface area contributed by atoms with Crippen molar-refractivity contribution in [1.29, 1.82) is 0 Å². The first-order valence-electron chi connectivity index (χ1n) is 7.10. The normalized spacial score (nSPS) is 11.2.